The summed E-state index contributed by atoms with van der Waals surface area (Å²) in [7, 11) is 0. The van der Waals surface area contributed by atoms with E-state index in [0.717, 1.165) is 11.1 Å². The third kappa shape index (κ3) is 2.56. The van der Waals surface area contributed by atoms with E-state index >= 15 is 0 Å². The van der Waals surface area contributed by atoms with Gasteiger partial charge in [0.05, 0.1) is 17.9 Å². The van der Waals surface area contributed by atoms with Crippen molar-refractivity contribution in [1.82, 2.24) is 10.1 Å². The molecule has 1 aromatic carbocycles. The molecule has 0 saturated carbocycles. The van der Waals surface area contributed by atoms with Crippen LogP contribution in [-0.4, -0.2) is 10.1 Å². The minimum atomic E-state index is -0.310. The van der Waals surface area contributed by atoms with Crippen LogP contribution in [0.1, 0.15) is 17.5 Å². The topological polar surface area (TPSA) is 78.1 Å². The largest absolute Gasteiger partial charge is 0.472 e. The first kappa shape index (κ1) is 11.7. The van der Waals surface area contributed by atoms with E-state index in [1.54, 1.807) is 18.6 Å². The molecule has 0 amide bonds. The molecule has 0 saturated heterocycles. The number of rotatable bonds is 4. The van der Waals surface area contributed by atoms with Gasteiger partial charge in [0, 0.05) is 0 Å². The minimum Gasteiger partial charge on any atom is -0.472 e. The van der Waals surface area contributed by atoms with Crippen molar-refractivity contribution in [1.29, 1.82) is 0 Å². The Hall–Kier alpha value is -2.40. The fourth-order valence-electron chi connectivity index (χ4n) is 1.85. The molecule has 2 N–H and O–H groups in total. The van der Waals surface area contributed by atoms with E-state index in [1.807, 2.05) is 30.3 Å². The third-order valence-corrected chi connectivity index (χ3v) is 2.84. The van der Waals surface area contributed by atoms with Gasteiger partial charge in [-0.05, 0) is 18.1 Å². The highest BCUT2D eigenvalue weighted by Crippen LogP contribution is 2.20. The van der Waals surface area contributed by atoms with Crippen molar-refractivity contribution >= 4 is 0 Å². The molecule has 3 aromatic rings. The zero-order valence-corrected chi connectivity index (χ0v) is 10.2. The number of furan rings is 1. The molecule has 2 aromatic heterocycles. The maximum Gasteiger partial charge on any atom is 0.244 e. The highest BCUT2D eigenvalue weighted by Gasteiger charge is 2.16. The summed E-state index contributed by atoms with van der Waals surface area (Å²) in [5.74, 6) is 0.923. The Labute approximate surface area is 110 Å². The predicted octanol–water partition coefficient (Wildman–Crippen LogP) is 2.57. The van der Waals surface area contributed by atoms with E-state index in [2.05, 4.69) is 10.1 Å². The molecular weight excluding hydrogens is 242 g/mol. The molecule has 0 aliphatic carbocycles. The second-order valence-electron chi connectivity index (χ2n) is 4.26. The number of hydrogen-bond acceptors (Lipinski definition) is 5. The molecule has 19 heavy (non-hydrogen) atoms. The molecule has 5 heteroatoms. The van der Waals surface area contributed by atoms with Crippen LogP contribution in [-0.2, 0) is 6.42 Å². The molecule has 0 radical (unpaired) electrons. The fraction of sp³-hybridized carbons (Fsp3) is 0.143. The zero-order chi connectivity index (χ0) is 13.1. The Kier molecular flexibility index (Phi) is 3.12. The number of benzene rings is 1. The summed E-state index contributed by atoms with van der Waals surface area (Å²) >= 11 is 0. The number of nitrogens with zero attached hydrogens (tertiary/aromatic N) is 2. The van der Waals surface area contributed by atoms with Gasteiger partial charge >= 0.3 is 0 Å². The Morgan fingerprint density at radius 1 is 1.16 bits per heavy atom. The lowest BCUT2D eigenvalue weighted by Gasteiger charge is -2.05. The fourth-order valence-corrected chi connectivity index (χ4v) is 1.85. The summed E-state index contributed by atoms with van der Waals surface area (Å²) < 4.78 is 10.2. The Morgan fingerprint density at radius 2 is 2.00 bits per heavy atom. The van der Waals surface area contributed by atoms with Crippen molar-refractivity contribution in [3.63, 3.8) is 0 Å². The molecule has 96 valence electrons. The number of nitrogens with two attached hydrogens (primary N) is 1. The van der Waals surface area contributed by atoms with Crippen LogP contribution in [0.5, 0.6) is 0 Å². The Morgan fingerprint density at radius 3 is 2.74 bits per heavy atom. The molecule has 0 fully saturated rings. The first-order valence-electron chi connectivity index (χ1n) is 5.98. The SMILES string of the molecule is N[C@@H](Cc1ccccc1)c1nc(-c2ccoc2)no1. The van der Waals surface area contributed by atoms with Crippen molar-refractivity contribution in [3.05, 3.63) is 60.4 Å². The molecule has 0 spiro atoms. The first-order valence-corrected chi connectivity index (χ1v) is 5.98. The predicted molar refractivity (Wildman–Crippen MR) is 69.1 cm³/mol. The normalized spacial score (nSPS) is 12.5. The number of aromatic nitrogens is 2. The van der Waals surface area contributed by atoms with E-state index in [1.165, 1.54) is 0 Å². The summed E-state index contributed by atoms with van der Waals surface area (Å²) in [6.45, 7) is 0. The van der Waals surface area contributed by atoms with E-state index in [0.29, 0.717) is 18.1 Å². The molecule has 0 bridgehead atoms. The quantitative estimate of drug-likeness (QED) is 0.775. The maximum atomic E-state index is 6.07. The van der Waals surface area contributed by atoms with Crippen LogP contribution in [0.3, 0.4) is 0 Å². The first-order chi connectivity index (χ1) is 9.33. The lowest BCUT2D eigenvalue weighted by molar-refractivity contribution is 0.354. The summed E-state index contributed by atoms with van der Waals surface area (Å²) in [6.07, 6.45) is 3.79. The van der Waals surface area contributed by atoms with E-state index < -0.39 is 0 Å². The molecule has 1 atom stereocenters. The molecule has 5 nitrogen and oxygen atoms in total. The summed E-state index contributed by atoms with van der Waals surface area (Å²) in [5.41, 5.74) is 7.99. The van der Waals surface area contributed by atoms with Gasteiger partial charge in [-0.15, -0.1) is 0 Å². The average molecular weight is 255 g/mol. The lowest BCUT2D eigenvalue weighted by atomic mass is 10.1. The highest BCUT2D eigenvalue weighted by atomic mass is 16.5. The molecule has 3 rings (SSSR count). The number of hydrogen-bond donors (Lipinski definition) is 1. The zero-order valence-electron chi connectivity index (χ0n) is 10.2. The van der Waals surface area contributed by atoms with Crippen LogP contribution in [0.4, 0.5) is 0 Å². The van der Waals surface area contributed by atoms with E-state index in [4.69, 9.17) is 14.7 Å². The van der Waals surface area contributed by atoms with Crippen LogP contribution in [0.15, 0.2) is 57.9 Å². The maximum absolute atomic E-state index is 6.07. The van der Waals surface area contributed by atoms with Crippen LogP contribution in [0.25, 0.3) is 11.4 Å². The van der Waals surface area contributed by atoms with Gasteiger partial charge in [0.15, 0.2) is 0 Å². The summed E-state index contributed by atoms with van der Waals surface area (Å²) in [5, 5.41) is 3.90. The standard InChI is InChI=1S/C14H13N3O2/c15-12(8-10-4-2-1-3-5-10)14-16-13(17-19-14)11-6-7-18-9-11/h1-7,9,12H,8,15H2/t12-/m0/s1. The lowest BCUT2D eigenvalue weighted by Crippen LogP contribution is -2.13. The molecule has 0 aliphatic heterocycles. The second-order valence-corrected chi connectivity index (χ2v) is 4.26. The van der Waals surface area contributed by atoms with Gasteiger partial charge < -0.3 is 14.7 Å². The van der Waals surface area contributed by atoms with Crippen LogP contribution in [0.2, 0.25) is 0 Å². The molecule has 0 aliphatic rings. The van der Waals surface area contributed by atoms with Gasteiger partial charge in [-0.3, -0.25) is 0 Å². The summed E-state index contributed by atoms with van der Waals surface area (Å²) in [6, 6.07) is 11.4. The van der Waals surface area contributed by atoms with Crippen LogP contribution < -0.4 is 5.73 Å². The smallest absolute Gasteiger partial charge is 0.244 e. The molecule has 2 heterocycles. The van der Waals surface area contributed by atoms with E-state index in [9.17, 15) is 0 Å². The van der Waals surface area contributed by atoms with E-state index in [-0.39, 0.29) is 6.04 Å². The van der Waals surface area contributed by atoms with Crippen LogP contribution >= 0.6 is 0 Å². The van der Waals surface area contributed by atoms with Crippen molar-refractivity contribution in [3.8, 4) is 11.4 Å². The van der Waals surface area contributed by atoms with Crippen molar-refractivity contribution in [2.24, 2.45) is 5.73 Å². The third-order valence-electron chi connectivity index (χ3n) is 2.84. The Balaban J connectivity index is 1.76. The minimum absolute atomic E-state index is 0.310. The van der Waals surface area contributed by atoms with Gasteiger partial charge in [0.1, 0.15) is 6.26 Å². The van der Waals surface area contributed by atoms with Crippen molar-refractivity contribution in [2.75, 3.05) is 0 Å². The van der Waals surface area contributed by atoms with Gasteiger partial charge in [-0.2, -0.15) is 4.98 Å². The second kappa shape index (κ2) is 5.07. The van der Waals surface area contributed by atoms with Gasteiger partial charge in [-0.25, -0.2) is 0 Å². The van der Waals surface area contributed by atoms with Gasteiger partial charge in [-0.1, -0.05) is 35.5 Å². The molecule has 0 unspecified atom stereocenters. The van der Waals surface area contributed by atoms with Crippen molar-refractivity contribution < 1.29 is 8.94 Å². The highest BCUT2D eigenvalue weighted by molar-refractivity contribution is 5.51. The molecular formula is C14H13N3O2. The summed E-state index contributed by atoms with van der Waals surface area (Å²) in [4.78, 5) is 4.29. The van der Waals surface area contributed by atoms with Gasteiger partial charge in [0.25, 0.3) is 0 Å². The van der Waals surface area contributed by atoms with Crippen LogP contribution in [0, 0.1) is 0 Å². The van der Waals surface area contributed by atoms with Gasteiger partial charge in [0.2, 0.25) is 11.7 Å². The van der Waals surface area contributed by atoms with Crippen molar-refractivity contribution in [2.45, 2.75) is 12.5 Å². The Bertz CT molecular complexity index is 632. The monoisotopic (exact) mass is 255 g/mol. The average Bonchev–Trinajstić information content (AvgIpc) is 3.11.